The summed E-state index contributed by atoms with van der Waals surface area (Å²) in [6.45, 7) is 0. The van der Waals surface area contributed by atoms with E-state index in [2.05, 4.69) is 240 Å². The lowest BCUT2D eigenvalue weighted by Gasteiger charge is -2.25. The largest absolute Gasteiger partial charge is 0.360 e. The van der Waals surface area contributed by atoms with E-state index in [0.29, 0.717) is 0 Å². The molecular formula is C59H40N4. The lowest BCUT2D eigenvalue weighted by molar-refractivity contribution is 0.664. The predicted octanol–water partition coefficient (Wildman–Crippen LogP) is 14.6. The summed E-state index contributed by atoms with van der Waals surface area (Å²) >= 11 is 0. The summed E-state index contributed by atoms with van der Waals surface area (Å²) in [6, 6.07) is 80.0. The molecule has 12 rings (SSSR count). The van der Waals surface area contributed by atoms with Crippen LogP contribution in [0.1, 0.15) is 22.9 Å². The fraction of sp³-hybridized carbons (Fsp3) is 0.0169. The summed E-state index contributed by atoms with van der Waals surface area (Å²) in [7, 11) is 0. The van der Waals surface area contributed by atoms with Gasteiger partial charge in [-0.3, -0.25) is 4.99 Å². The van der Waals surface area contributed by atoms with Gasteiger partial charge in [0.15, 0.2) is 0 Å². The summed E-state index contributed by atoms with van der Waals surface area (Å²) in [6.07, 6.45) is 1.96. The third-order valence-electron chi connectivity index (χ3n) is 12.4. The van der Waals surface area contributed by atoms with E-state index in [1.54, 1.807) is 0 Å². The van der Waals surface area contributed by atoms with Crippen molar-refractivity contribution in [3.05, 3.63) is 247 Å². The van der Waals surface area contributed by atoms with E-state index in [1.165, 1.54) is 32.7 Å². The van der Waals surface area contributed by atoms with Crippen LogP contribution in [0.5, 0.6) is 0 Å². The highest BCUT2D eigenvalue weighted by Crippen LogP contribution is 2.45. The molecule has 0 saturated heterocycles. The molecular weight excluding hydrogens is 765 g/mol. The smallest absolute Gasteiger partial charge is 0.145 e. The first-order chi connectivity index (χ1) is 31.2. The molecule has 0 saturated carbocycles. The predicted molar refractivity (Wildman–Crippen MR) is 263 cm³/mol. The summed E-state index contributed by atoms with van der Waals surface area (Å²) in [5.41, 5.74) is 16.5. The normalized spacial score (nSPS) is 13.9. The molecule has 4 heteroatoms. The SMILES string of the molecule is C1=C(c2ccc(-c3ccccc3)cc2)NC(c2ccccc2)N=C1c1ccc(-c2cccc3c4c5c(-c6ccccc6)nc6ccccc6c5ccc4n(-c4ccccc4)c23)cc1. The molecule has 0 amide bonds. The lowest BCUT2D eigenvalue weighted by atomic mass is 9.94. The van der Waals surface area contributed by atoms with Gasteiger partial charge in [-0.05, 0) is 69.1 Å². The zero-order valence-electron chi connectivity index (χ0n) is 34.4. The summed E-state index contributed by atoms with van der Waals surface area (Å²) in [5.74, 6) is 0. The van der Waals surface area contributed by atoms with Gasteiger partial charge in [-0.2, -0.15) is 0 Å². The van der Waals surface area contributed by atoms with E-state index in [-0.39, 0.29) is 6.17 Å². The van der Waals surface area contributed by atoms with Crippen LogP contribution in [-0.2, 0) is 0 Å². The zero-order chi connectivity index (χ0) is 41.7. The number of aromatic nitrogens is 2. The van der Waals surface area contributed by atoms with E-state index in [4.69, 9.17) is 9.98 Å². The number of pyridine rings is 1. The minimum Gasteiger partial charge on any atom is -0.360 e. The average molecular weight is 805 g/mol. The Balaban J connectivity index is 1.02. The van der Waals surface area contributed by atoms with E-state index < -0.39 is 0 Å². The quantitative estimate of drug-likeness (QED) is 0.163. The van der Waals surface area contributed by atoms with Crippen molar-refractivity contribution in [3.63, 3.8) is 0 Å². The van der Waals surface area contributed by atoms with E-state index >= 15 is 0 Å². The van der Waals surface area contributed by atoms with Crippen LogP contribution in [0.15, 0.2) is 236 Å². The van der Waals surface area contributed by atoms with Crippen LogP contribution in [0, 0.1) is 0 Å². The summed E-state index contributed by atoms with van der Waals surface area (Å²) < 4.78 is 2.44. The molecule has 1 unspecified atom stereocenters. The number of hydrogen-bond donors (Lipinski definition) is 1. The van der Waals surface area contributed by atoms with Gasteiger partial charge in [0.2, 0.25) is 0 Å². The first-order valence-electron chi connectivity index (χ1n) is 21.5. The fourth-order valence-electron chi connectivity index (χ4n) is 9.43. The molecule has 0 fully saturated rings. The van der Waals surface area contributed by atoms with Crippen molar-refractivity contribution in [2.75, 3.05) is 0 Å². The Labute approximate surface area is 365 Å². The fourth-order valence-corrected chi connectivity index (χ4v) is 9.43. The molecule has 1 aliphatic rings. The maximum Gasteiger partial charge on any atom is 0.145 e. The maximum atomic E-state index is 5.38. The van der Waals surface area contributed by atoms with E-state index in [9.17, 15) is 0 Å². The van der Waals surface area contributed by atoms with Crippen LogP contribution in [-0.4, -0.2) is 15.3 Å². The van der Waals surface area contributed by atoms with Gasteiger partial charge in [-0.25, -0.2) is 4.98 Å². The first-order valence-corrected chi connectivity index (χ1v) is 21.5. The molecule has 9 aromatic carbocycles. The van der Waals surface area contributed by atoms with Crippen molar-refractivity contribution in [3.8, 4) is 39.2 Å². The molecule has 1 aliphatic heterocycles. The monoisotopic (exact) mass is 804 g/mol. The Kier molecular flexibility index (Phi) is 8.86. The van der Waals surface area contributed by atoms with Crippen LogP contribution < -0.4 is 5.32 Å². The second kappa shape index (κ2) is 15.3. The van der Waals surface area contributed by atoms with Crippen molar-refractivity contribution in [2.24, 2.45) is 4.99 Å². The van der Waals surface area contributed by atoms with Gasteiger partial charge in [-0.15, -0.1) is 0 Å². The Morgan fingerprint density at radius 1 is 0.413 bits per heavy atom. The number of hydrogen-bond acceptors (Lipinski definition) is 3. The third-order valence-corrected chi connectivity index (χ3v) is 12.4. The number of aliphatic imine (C=N–C) groups is 1. The first kappa shape index (κ1) is 36.5. The standard InChI is InChI=1S/C59H40N4/c1-5-16-39(17-6-1)40-28-32-42(33-29-40)52-38-53(62-59(61-52)45-20-9-3-10-21-45)43-34-30-41(31-35-43)47-25-15-26-50-55-54(63(58(47)50)46-22-11-4-12-23-46)37-36-49-48-24-13-14-27-51(48)60-57(56(49)55)44-18-7-2-8-19-44/h1-38,59,61H. The van der Waals surface area contributed by atoms with Crippen LogP contribution in [0.2, 0.25) is 0 Å². The highest BCUT2D eigenvalue weighted by atomic mass is 15.1. The van der Waals surface area contributed by atoms with Gasteiger partial charge in [0.1, 0.15) is 6.17 Å². The van der Waals surface area contributed by atoms with Gasteiger partial charge < -0.3 is 9.88 Å². The minimum atomic E-state index is -0.229. The number of benzene rings is 9. The summed E-state index contributed by atoms with van der Waals surface area (Å²) in [4.78, 5) is 10.7. The molecule has 0 aliphatic carbocycles. The molecule has 4 nitrogen and oxygen atoms in total. The zero-order valence-corrected chi connectivity index (χ0v) is 34.4. The molecule has 0 spiro atoms. The average Bonchev–Trinajstić information content (AvgIpc) is 3.72. The van der Waals surface area contributed by atoms with Crippen molar-refractivity contribution in [1.82, 2.24) is 14.9 Å². The number of nitrogens with one attached hydrogen (secondary N) is 1. The van der Waals surface area contributed by atoms with Crippen LogP contribution in [0.3, 0.4) is 0 Å². The van der Waals surface area contributed by atoms with Crippen LogP contribution >= 0.6 is 0 Å². The van der Waals surface area contributed by atoms with Gasteiger partial charge >= 0.3 is 0 Å². The Morgan fingerprint density at radius 3 is 1.75 bits per heavy atom. The highest BCUT2D eigenvalue weighted by Gasteiger charge is 2.23. The number of nitrogens with zero attached hydrogens (tertiary/aromatic N) is 3. The number of fused-ring (bicyclic) bond motifs is 7. The van der Waals surface area contributed by atoms with Crippen molar-refractivity contribution >= 4 is 54.9 Å². The number of rotatable bonds is 7. The number of para-hydroxylation sites is 3. The number of allylic oxidation sites excluding steroid dienone is 1. The highest BCUT2D eigenvalue weighted by molar-refractivity contribution is 6.29. The van der Waals surface area contributed by atoms with Gasteiger partial charge in [0.05, 0.1) is 28.0 Å². The molecule has 0 radical (unpaired) electrons. The van der Waals surface area contributed by atoms with Crippen molar-refractivity contribution in [1.29, 1.82) is 0 Å². The molecule has 1 atom stereocenters. The molecule has 1 N–H and O–H groups in total. The molecule has 2 aromatic heterocycles. The second-order valence-electron chi connectivity index (χ2n) is 16.1. The van der Waals surface area contributed by atoms with Crippen molar-refractivity contribution < 1.29 is 0 Å². The topological polar surface area (TPSA) is 42.2 Å². The molecule has 296 valence electrons. The minimum absolute atomic E-state index is 0.229. The molecule has 11 aromatic rings. The van der Waals surface area contributed by atoms with E-state index in [0.717, 1.165) is 78.1 Å². The Hall–Kier alpha value is -8.34. The van der Waals surface area contributed by atoms with E-state index in [1.807, 2.05) is 0 Å². The molecule has 0 bridgehead atoms. The second-order valence-corrected chi connectivity index (χ2v) is 16.1. The molecule has 3 heterocycles. The Morgan fingerprint density at radius 2 is 1.00 bits per heavy atom. The summed E-state index contributed by atoms with van der Waals surface area (Å²) in [5, 5.41) is 9.65. The third kappa shape index (κ3) is 6.39. The maximum absolute atomic E-state index is 5.38. The lowest BCUT2D eigenvalue weighted by Crippen LogP contribution is -2.24. The Bertz CT molecular complexity index is 3540. The van der Waals surface area contributed by atoms with Crippen LogP contribution in [0.4, 0.5) is 0 Å². The molecule has 63 heavy (non-hydrogen) atoms. The van der Waals surface area contributed by atoms with Gasteiger partial charge in [-0.1, -0.05) is 200 Å². The van der Waals surface area contributed by atoms with Gasteiger partial charge in [0.25, 0.3) is 0 Å². The van der Waals surface area contributed by atoms with Gasteiger partial charge in [0, 0.05) is 44.1 Å². The van der Waals surface area contributed by atoms with Crippen LogP contribution in [0.25, 0.3) is 88.4 Å². The van der Waals surface area contributed by atoms with Crippen molar-refractivity contribution in [2.45, 2.75) is 6.17 Å².